The summed E-state index contributed by atoms with van der Waals surface area (Å²) in [5.41, 5.74) is 7.28. The Morgan fingerprint density at radius 3 is 2.17 bits per heavy atom. The fourth-order valence-corrected chi connectivity index (χ4v) is 5.47. The Morgan fingerprint density at radius 1 is 0.700 bits per heavy atom. The molecule has 0 radical (unpaired) electrons. The van der Waals surface area contributed by atoms with Crippen molar-refractivity contribution in [3.05, 3.63) is 108 Å². The lowest BCUT2D eigenvalue weighted by molar-refractivity contribution is 0.492. The lowest BCUT2D eigenvalue weighted by Crippen LogP contribution is -1.99. The molecule has 0 spiro atoms. The molecule has 3 heteroatoms. The third-order valence-corrected chi connectivity index (χ3v) is 6.87. The molecule has 1 aliphatic rings. The third-order valence-electron chi connectivity index (χ3n) is 5.47. The molecule has 0 fully saturated rings. The zero-order valence-electron chi connectivity index (χ0n) is 16.9. The third kappa shape index (κ3) is 3.60. The van der Waals surface area contributed by atoms with Gasteiger partial charge in [0.05, 0.1) is 6.16 Å². The average Bonchev–Trinajstić information content (AvgIpc) is 2.96. The zero-order valence-corrected chi connectivity index (χ0v) is 17.8. The van der Waals surface area contributed by atoms with Gasteiger partial charge in [-0.2, -0.15) is 0 Å². The SMILES string of the molecule is CCc1ccccc1-c1ccccc1OP1Cc2ccccc2-c2ccccc2O1. The Bertz CT molecular complexity index is 1140. The van der Waals surface area contributed by atoms with Crippen LogP contribution >= 0.6 is 8.38 Å². The number of rotatable bonds is 4. The first-order valence-electron chi connectivity index (χ1n) is 10.3. The summed E-state index contributed by atoms with van der Waals surface area (Å²) >= 11 is 0. The van der Waals surface area contributed by atoms with E-state index >= 15 is 0 Å². The highest BCUT2D eigenvalue weighted by Gasteiger charge is 2.25. The van der Waals surface area contributed by atoms with Crippen LogP contribution in [0.1, 0.15) is 18.1 Å². The molecule has 148 valence electrons. The van der Waals surface area contributed by atoms with E-state index in [2.05, 4.69) is 85.8 Å². The van der Waals surface area contributed by atoms with Crippen LogP contribution in [0, 0.1) is 0 Å². The molecule has 1 heterocycles. The predicted octanol–water partition coefficient (Wildman–Crippen LogP) is 7.87. The van der Waals surface area contributed by atoms with Crippen LogP contribution < -0.4 is 9.05 Å². The van der Waals surface area contributed by atoms with Crippen molar-refractivity contribution in [2.45, 2.75) is 19.5 Å². The molecule has 0 bridgehead atoms. The van der Waals surface area contributed by atoms with Crippen LogP contribution in [0.5, 0.6) is 11.5 Å². The highest BCUT2D eigenvalue weighted by Crippen LogP contribution is 2.52. The molecule has 5 rings (SSSR count). The second-order valence-electron chi connectivity index (χ2n) is 7.33. The monoisotopic (exact) mass is 410 g/mol. The van der Waals surface area contributed by atoms with Crippen LogP contribution in [0.15, 0.2) is 97.1 Å². The van der Waals surface area contributed by atoms with Gasteiger partial charge in [-0.15, -0.1) is 0 Å². The van der Waals surface area contributed by atoms with E-state index in [-0.39, 0.29) is 0 Å². The number of para-hydroxylation sites is 2. The fraction of sp³-hybridized carbons (Fsp3) is 0.111. The number of benzene rings is 4. The number of aryl methyl sites for hydroxylation is 1. The van der Waals surface area contributed by atoms with E-state index in [0.29, 0.717) is 0 Å². The first-order valence-corrected chi connectivity index (χ1v) is 11.7. The van der Waals surface area contributed by atoms with Gasteiger partial charge in [0.1, 0.15) is 11.5 Å². The minimum absolute atomic E-state index is 0.754. The van der Waals surface area contributed by atoms with Crippen molar-refractivity contribution in [3.63, 3.8) is 0 Å². The molecular weight excluding hydrogens is 387 g/mol. The van der Waals surface area contributed by atoms with E-state index < -0.39 is 8.38 Å². The molecule has 1 atom stereocenters. The van der Waals surface area contributed by atoms with Crippen LogP contribution in [0.4, 0.5) is 0 Å². The van der Waals surface area contributed by atoms with Crippen LogP contribution in [0.3, 0.4) is 0 Å². The number of hydrogen-bond donors (Lipinski definition) is 0. The molecular formula is C27H23O2P. The van der Waals surface area contributed by atoms with E-state index in [1.165, 1.54) is 22.3 Å². The van der Waals surface area contributed by atoms with Gasteiger partial charge in [0.2, 0.25) is 0 Å². The Balaban J connectivity index is 1.54. The molecule has 0 saturated heterocycles. The van der Waals surface area contributed by atoms with Gasteiger partial charge in [-0.05, 0) is 40.8 Å². The minimum atomic E-state index is -1.17. The van der Waals surface area contributed by atoms with Crippen molar-refractivity contribution in [3.8, 4) is 33.8 Å². The molecule has 30 heavy (non-hydrogen) atoms. The van der Waals surface area contributed by atoms with Gasteiger partial charge in [-0.25, -0.2) is 0 Å². The summed E-state index contributed by atoms with van der Waals surface area (Å²) in [6.07, 6.45) is 1.74. The van der Waals surface area contributed by atoms with Gasteiger partial charge >= 0.3 is 0 Å². The number of hydrogen-bond acceptors (Lipinski definition) is 2. The Labute approximate surface area is 179 Å². The molecule has 0 aromatic heterocycles. The summed E-state index contributed by atoms with van der Waals surface area (Å²) in [6.45, 7) is 2.19. The van der Waals surface area contributed by atoms with Crippen molar-refractivity contribution in [1.82, 2.24) is 0 Å². The van der Waals surface area contributed by atoms with Gasteiger partial charge in [0.25, 0.3) is 8.38 Å². The van der Waals surface area contributed by atoms with E-state index in [1.807, 2.05) is 18.2 Å². The maximum Gasteiger partial charge on any atom is 0.295 e. The molecule has 2 nitrogen and oxygen atoms in total. The van der Waals surface area contributed by atoms with Crippen molar-refractivity contribution in [2.24, 2.45) is 0 Å². The minimum Gasteiger partial charge on any atom is -0.438 e. The first kappa shape index (κ1) is 18.9. The first-order chi connectivity index (χ1) is 14.8. The second kappa shape index (κ2) is 8.34. The van der Waals surface area contributed by atoms with Crippen LogP contribution in [-0.4, -0.2) is 0 Å². The molecule has 4 aromatic rings. The van der Waals surface area contributed by atoms with Gasteiger partial charge in [-0.3, -0.25) is 0 Å². The summed E-state index contributed by atoms with van der Waals surface area (Å²) in [5.74, 6) is 1.77. The van der Waals surface area contributed by atoms with Gasteiger partial charge in [0.15, 0.2) is 0 Å². The molecule has 1 unspecified atom stereocenters. The number of fused-ring (bicyclic) bond motifs is 3. The smallest absolute Gasteiger partial charge is 0.295 e. The molecule has 0 saturated carbocycles. The summed E-state index contributed by atoms with van der Waals surface area (Å²) < 4.78 is 13.0. The molecule has 4 aromatic carbocycles. The van der Waals surface area contributed by atoms with Crippen LogP contribution in [-0.2, 0) is 12.6 Å². The standard InChI is InChI=1S/C27H23O2P/c1-2-20-11-3-5-13-22(20)24-15-7-9-17-26(24)28-30-19-21-12-4-6-14-23(21)25-16-8-10-18-27(25)29-30/h3-18H,2,19H2,1H3. The average molecular weight is 410 g/mol. The highest BCUT2D eigenvalue weighted by molar-refractivity contribution is 7.47. The van der Waals surface area contributed by atoms with E-state index in [1.54, 1.807) is 0 Å². The van der Waals surface area contributed by atoms with E-state index in [0.717, 1.165) is 35.2 Å². The topological polar surface area (TPSA) is 18.5 Å². The summed E-state index contributed by atoms with van der Waals surface area (Å²) in [4.78, 5) is 0. The molecule has 0 N–H and O–H groups in total. The summed E-state index contributed by atoms with van der Waals surface area (Å²) in [7, 11) is -1.17. The predicted molar refractivity (Wildman–Crippen MR) is 125 cm³/mol. The molecule has 1 aliphatic heterocycles. The zero-order chi connectivity index (χ0) is 20.3. The van der Waals surface area contributed by atoms with Crippen LogP contribution in [0.2, 0.25) is 0 Å². The maximum atomic E-state index is 6.58. The van der Waals surface area contributed by atoms with Crippen molar-refractivity contribution in [2.75, 3.05) is 0 Å². The Hall–Kier alpha value is -3.09. The Kier molecular flexibility index (Phi) is 5.26. The van der Waals surface area contributed by atoms with Crippen LogP contribution in [0.25, 0.3) is 22.3 Å². The van der Waals surface area contributed by atoms with Gasteiger partial charge in [0, 0.05) is 11.1 Å². The summed E-state index contributed by atoms with van der Waals surface area (Å²) in [6, 6.07) is 33.6. The summed E-state index contributed by atoms with van der Waals surface area (Å²) in [5, 5.41) is 0. The Morgan fingerprint density at radius 2 is 1.33 bits per heavy atom. The van der Waals surface area contributed by atoms with Gasteiger partial charge in [-0.1, -0.05) is 91.9 Å². The van der Waals surface area contributed by atoms with Crippen molar-refractivity contribution in [1.29, 1.82) is 0 Å². The molecule has 0 aliphatic carbocycles. The largest absolute Gasteiger partial charge is 0.438 e. The normalized spacial score (nSPS) is 14.8. The fourth-order valence-electron chi connectivity index (χ4n) is 3.99. The quantitative estimate of drug-likeness (QED) is 0.319. The van der Waals surface area contributed by atoms with Crippen molar-refractivity contribution < 1.29 is 9.05 Å². The lowest BCUT2D eigenvalue weighted by Gasteiger charge is -2.20. The second-order valence-corrected chi connectivity index (χ2v) is 8.68. The van der Waals surface area contributed by atoms with E-state index in [4.69, 9.17) is 9.05 Å². The lowest BCUT2D eigenvalue weighted by atomic mass is 9.97. The van der Waals surface area contributed by atoms with E-state index in [9.17, 15) is 0 Å². The molecule has 0 amide bonds. The maximum absolute atomic E-state index is 6.58. The van der Waals surface area contributed by atoms with Crippen molar-refractivity contribution >= 4 is 8.38 Å². The van der Waals surface area contributed by atoms with Gasteiger partial charge < -0.3 is 9.05 Å². The highest BCUT2D eigenvalue weighted by atomic mass is 31.2.